The molecule has 0 aromatic rings. The second-order valence-corrected chi connectivity index (χ2v) is 5.70. The van der Waals surface area contributed by atoms with Crippen LogP contribution in [0, 0.1) is 5.92 Å². The van der Waals surface area contributed by atoms with Crippen molar-refractivity contribution in [3.63, 3.8) is 0 Å². The molecule has 14 heavy (non-hydrogen) atoms. The van der Waals surface area contributed by atoms with Gasteiger partial charge in [-0.15, -0.1) is 0 Å². The van der Waals surface area contributed by atoms with E-state index in [-0.39, 0.29) is 5.75 Å². The molecule has 0 saturated heterocycles. The van der Waals surface area contributed by atoms with Crippen LogP contribution in [-0.4, -0.2) is 43.8 Å². The fourth-order valence-corrected chi connectivity index (χ4v) is 1.69. The maximum Gasteiger partial charge on any atom is 0.266 e. The predicted octanol–water partition coefficient (Wildman–Crippen LogP) is 1.24. The lowest BCUT2D eigenvalue weighted by Gasteiger charge is -2.15. The van der Waals surface area contributed by atoms with Gasteiger partial charge in [0.25, 0.3) is 10.1 Å². The Hall–Kier alpha value is -0.130. The molecule has 0 unspecified atom stereocenters. The average molecular weight is 223 g/mol. The molecule has 0 heterocycles. The van der Waals surface area contributed by atoms with Gasteiger partial charge in [-0.2, -0.15) is 8.42 Å². The third kappa shape index (κ3) is 9.95. The van der Waals surface area contributed by atoms with Crippen molar-refractivity contribution in [2.24, 2.45) is 5.92 Å². The summed E-state index contributed by atoms with van der Waals surface area (Å²) in [5, 5.41) is 0. The zero-order valence-corrected chi connectivity index (χ0v) is 10.0. The van der Waals surface area contributed by atoms with Gasteiger partial charge in [0, 0.05) is 6.54 Å². The van der Waals surface area contributed by atoms with Crippen LogP contribution in [-0.2, 0) is 10.1 Å². The van der Waals surface area contributed by atoms with Crippen molar-refractivity contribution >= 4 is 10.1 Å². The van der Waals surface area contributed by atoms with E-state index < -0.39 is 10.1 Å². The van der Waals surface area contributed by atoms with Crippen LogP contribution in [0.1, 0.15) is 26.7 Å². The highest BCUT2D eigenvalue weighted by molar-refractivity contribution is 7.85. The standard InChI is InChI=1S/C9H21NO3S/c1-9(2)5-4-6-10(3)7-8-14(11,12)13/h9H,4-8H2,1-3H3,(H,11,12,13). The summed E-state index contributed by atoms with van der Waals surface area (Å²) in [6.07, 6.45) is 2.22. The molecule has 0 aromatic carbocycles. The van der Waals surface area contributed by atoms with Gasteiger partial charge in [-0.05, 0) is 32.4 Å². The van der Waals surface area contributed by atoms with Crippen molar-refractivity contribution in [1.82, 2.24) is 4.90 Å². The van der Waals surface area contributed by atoms with Gasteiger partial charge in [0.2, 0.25) is 0 Å². The van der Waals surface area contributed by atoms with Gasteiger partial charge in [-0.25, -0.2) is 0 Å². The Morgan fingerprint density at radius 2 is 1.86 bits per heavy atom. The van der Waals surface area contributed by atoms with Gasteiger partial charge in [0.1, 0.15) is 0 Å². The first-order chi connectivity index (χ1) is 6.31. The molecule has 86 valence electrons. The van der Waals surface area contributed by atoms with Crippen LogP contribution in [0.3, 0.4) is 0 Å². The fraction of sp³-hybridized carbons (Fsp3) is 1.00. The summed E-state index contributed by atoms with van der Waals surface area (Å²) in [6, 6.07) is 0. The van der Waals surface area contributed by atoms with E-state index in [0.29, 0.717) is 12.5 Å². The third-order valence-electron chi connectivity index (χ3n) is 2.05. The van der Waals surface area contributed by atoms with Gasteiger partial charge < -0.3 is 4.90 Å². The second kappa shape index (κ2) is 6.37. The lowest BCUT2D eigenvalue weighted by atomic mass is 10.1. The minimum atomic E-state index is -3.80. The van der Waals surface area contributed by atoms with Crippen molar-refractivity contribution in [3.8, 4) is 0 Å². The van der Waals surface area contributed by atoms with Crippen molar-refractivity contribution in [3.05, 3.63) is 0 Å². The van der Waals surface area contributed by atoms with Crippen molar-refractivity contribution < 1.29 is 13.0 Å². The summed E-state index contributed by atoms with van der Waals surface area (Å²) < 4.78 is 29.4. The monoisotopic (exact) mass is 223 g/mol. The van der Waals surface area contributed by atoms with Crippen LogP contribution in [0.15, 0.2) is 0 Å². The molecule has 0 fully saturated rings. The Morgan fingerprint density at radius 3 is 2.29 bits per heavy atom. The summed E-state index contributed by atoms with van der Waals surface area (Å²) in [5.74, 6) is 0.510. The van der Waals surface area contributed by atoms with E-state index in [1.54, 1.807) is 0 Å². The number of nitrogens with zero attached hydrogens (tertiary/aromatic N) is 1. The van der Waals surface area contributed by atoms with Gasteiger partial charge in [0.05, 0.1) is 5.75 Å². The van der Waals surface area contributed by atoms with Gasteiger partial charge >= 0.3 is 0 Å². The Kier molecular flexibility index (Phi) is 6.31. The Morgan fingerprint density at radius 1 is 1.29 bits per heavy atom. The summed E-state index contributed by atoms with van der Waals surface area (Å²) in [5.41, 5.74) is 0. The Labute approximate surface area is 87.0 Å². The normalized spacial score (nSPS) is 12.7. The fourth-order valence-electron chi connectivity index (χ4n) is 1.15. The molecule has 0 amide bonds. The van der Waals surface area contributed by atoms with Gasteiger partial charge in [0.15, 0.2) is 0 Å². The van der Waals surface area contributed by atoms with Crippen molar-refractivity contribution in [1.29, 1.82) is 0 Å². The molecule has 0 bridgehead atoms. The smallest absolute Gasteiger partial charge is 0.266 e. The summed E-state index contributed by atoms with van der Waals surface area (Å²) in [6.45, 7) is 5.61. The van der Waals surface area contributed by atoms with Crippen molar-refractivity contribution in [2.45, 2.75) is 26.7 Å². The van der Waals surface area contributed by atoms with Crippen LogP contribution < -0.4 is 0 Å². The Bertz CT molecular complexity index is 236. The summed E-state index contributed by atoms with van der Waals surface area (Å²) >= 11 is 0. The quantitative estimate of drug-likeness (QED) is 0.660. The molecule has 1 N–H and O–H groups in total. The topological polar surface area (TPSA) is 57.6 Å². The largest absolute Gasteiger partial charge is 0.305 e. The van der Waals surface area contributed by atoms with E-state index in [9.17, 15) is 8.42 Å². The number of hydrogen-bond acceptors (Lipinski definition) is 3. The first-order valence-corrected chi connectivity index (χ1v) is 6.56. The Balaban J connectivity index is 3.51. The molecule has 0 atom stereocenters. The second-order valence-electron chi connectivity index (χ2n) is 4.13. The van der Waals surface area contributed by atoms with Crippen molar-refractivity contribution in [2.75, 3.05) is 25.9 Å². The SMILES string of the molecule is CC(C)CCCN(C)CCS(=O)(=O)O. The third-order valence-corrected chi connectivity index (χ3v) is 2.75. The van der Waals surface area contributed by atoms with Crippen LogP contribution in [0.2, 0.25) is 0 Å². The molecule has 5 heteroatoms. The molecule has 0 radical (unpaired) electrons. The highest BCUT2D eigenvalue weighted by atomic mass is 32.2. The van der Waals surface area contributed by atoms with Crippen LogP contribution in [0.4, 0.5) is 0 Å². The molecule has 0 aromatic heterocycles. The average Bonchev–Trinajstić information content (AvgIpc) is 1.99. The first-order valence-electron chi connectivity index (χ1n) is 4.95. The van der Waals surface area contributed by atoms with E-state index in [1.165, 1.54) is 0 Å². The molecule has 0 aliphatic carbocycles. The highest BCUT2D eigenvalue weighted by Crippen LogP contribution is 2.03. The molecule has 0 aliphatic heterocycles. The van der Waals surface area contributed by atoms with Crippen LogP contribution >= 0.6 is 0 Å². The maximum absolute atomic E-state index is 10.4. The molecule has 0 rings (SSSR count). The zero-order chi connectivity index (χ0) is 11.2. The minimum absolute atomic E-state index is 0.175. The van der Waals surface area contributed by atoms with E-state index >= 15 is 0 Å². The molecule has 0 aliphatic rings. The van der Waals surface area contributed by atoms with E-state index in [1.807, 2.05) is 11.9 Å². The van der Waals surface area contributed by atoms with E-state index in [0.717, 1.165) is 19.4 Å². The summed E-state index contributed by atoms with van der Waals surface area (Å²) in [7, 11) is -1.94. The zero-order valence-electron chi connectivity index (χ0n) is 9.23. The highest BCUT2D eigenvalue weighted by Gasteiger charge is 2.06. The molecule has 0 spiro atoms. The summed E-state index contributed by atoms with van der Waals surface area (Å²) in [4.78, 5) is 1.93. The van der Waals surface area contributed by atoms with E-state index in [4.69, 9.17) is 4.55 Å². The number of rotatable bonds is 7. The lowest BCUT2D eigenvalue weighted by molar-refractivity contribution is 0.330. The minimum Gasteiger partial charge on any atom is -0.305 e. The molecular weight excluding hydrogens is 202 g/mol. The molecule has 4 nitrogen and oxygen atoms in total. The molecular formula is C9H21NO3S. The maximum atomic E-state index is 10.4. The lowest BCUT2D eigenvalue weighted by Crippen LogP contribution is -2.26. The predicted molar refractivity (Wildman–Crippen MR) is 58.0 cm³/mol. The van der Waals surface area contributed by atoms with Crippen LogP contribution in [0.5, 0.6) is 0 Å². The molecule has 0 saturated carbocycles. The van der Waals surface area contributed by atoms with Gasteiger partial charge in [-0.1, -0.05) is 13.8 Å². The van der Waals surface area contributed by atoms with E-state index in [2.05, 4.69) is 13.8 Å². The first kappa shape index (κ1) is 13.9. The van der Waals surface area contributed by atoms with Gasteiger partial charge in [-0.3, -0.25) is 4.55 Å². The number of hydrogen-bond donors (Lipinski definition) is 1. The van der Waals surface area contributed by atoms with Crippen LogP contribution in [0.25, 0.3) is 0 Å².